The van der Waals surface area contributed by atoms with E-state index in [1.807, 2.05) is 0 Å². The van der Waals surface area contributed by atoms with Gasteiger partial charge in [-0.1, -0.05) is 23.2 Å². The molecule has 0 saturated carbocycles. The first-order valence-corrected chi connectivity index (χ1v) is 7.62. The number of carbonyl (C=O) groups is 2. The van der Waals surface area contributed by atoms with Crippen LogP contribution in [0.3, 0.4) is 0 Å². The first-order valence-electron chi connectivity index (χ1n) is 6.05. The Hall–Kier alpha value is -1.76. The van der Waals surface area contributed by atoms with Crippen molar-refractivity contribution in [3.8, 4) is 0 Å². The van der Waals surface area contributed by atoms with Crippen molar-refractivity contribution in [1.29, 1.82) is 0 Å². The van der Waals surface area contributed by atoms with Crippen LogP contribution >= 0.6 is 35.0 Å². The van der Waals surface area contributed by atoms with Gasteiger partial charge in [-0.2, -0.15) is 0 Å². The van der Waals surface area contributed by atoms with Crippen LogP contribution in [0.4, 0.5) is 5.69 Å². The first kappa shape index (κ1) is 16.6. The lowest BCUT2D eigenvalue weighted by atomic mass is 10.3. The Bertz CT molecular complexity index is 725. The third-order valence-electron chi connectivity index (χ3n) is 2.56. The number of benzene rings is 1. The van der Waals surface area contributed by atoms with Crippen molar-refractivity contribution in [2.24, 2.45) is 0 Å². The van der Waals surface area contributed by atoms with Crippen LogP contribution in [0.5, 0.6) is 0 Å². The SMILES string of the molecule is O=C(CNc1cc(Cl)ccc1Cl)Sc1ncccc1C(=O)O. The quantitative estimate of drug-likeness (QED) is 0.792. The molecule has 2 N–H and O–H groups in total. The molecule has 1 aromatic carbocycles. The average Bonchev–Trinajstić information content (AvgIpc) is 2.48. The summed E-state index contributed by atoms with van der Waals surface area (Å²) in [7, 11) is 0. The fourth-order valence-corrected chi connectivity index (χ4v) is 2.67. The normalized spacial score (nSPS) is 10.3. The lowest BCUT2D eigenvalue weighted by Crippen LogP contribution is -2.12. The summed E-state index contributed by atoms with van der Waals surface area (Å²) < 4.78 is 0. The minimum atomic E-state index is -1.13. The van der Waals surface area contributed by atoms with E-state index in [-0.39, 0.29) is 22.2 Å². The zero-order chi connectivity index (χ0) is 16.1. The van der Waals surface area contributed by atoms with Crippen molar-refractivity contribution >= 4 is 51.7 Å². The molecule has 0 atom stereocenters. The summed E-state index contributed by atoms with van der Waals surface area (Å²) in [5, 5.41) is 12.7. The van der Waals surface area contributed by atoms with Crippen molar-refractivity contribution < 1.29 is 14.7 Å². The topological polar surface area (TPSA) is 79.3 Å². The van der Waals surface area contributed by atoms with Gasteiger partial charge in [0.2, 0.25) is 5.12 Å². The number of nitrogens with one attached hydrogen (secondary N) is 1. The number of nitrogens with zero attached hydrogens (tertiary/aromatic N) is 1. The predicted molar refractivity (Wildman–Crippen MR) is 87.0 cm³/mol. The molecule has 0 bridgehead atoms. The second-order valence-electron chi connectivity index (χ2n) is 4.11. The van der Waals surface area contributed by atoms with Gasteiger partial charge < -0.3 is 10.4 Å². The summed E-state index contributed by atoms with van der Waals surface area (Å²) in [5.74, 6) is -1.13. The number of carboxylic acids is 1. The number of halogens is 2. The van der Waals surface area contributed by atoms with E-state index in [0.29, 0.717) is 15.7 Å². The van der Waals surface area contributed by atoms with Crippen molar-refractivity contribution in [2.45, 2.75) is 5.03 Å². The third-order valence-corrected chi connectivity index (χ3v) is 4.02. The number of aromatic carboxylic acids is 1. The van der Waals surface area contributed by atoms with E-state index in [2.05, 4.69) is 10.3 Å². The third kappa shape index (κ3) is 4.37. The minimum Gasteiger partial charge on any atom is -0.478 e. The number of hydrogen-bond donors (Lipinski definition) is 2. The molecule has 0 aliphatic rings. The molecule has 5 nitrogen and oxygen atoms in total. The molecule has 0 amide bonds. The molecule has 0 spiro atoms. The fourth-order valence-electron chi connectivity index (χ4n) is 1.58. The second-order valence-corrected chi connectivity index (χ2v) is 6.00. The van der Waals surface area contributed by atoms with Crippen LogP contribution in [0.15, 0.2) is 41.6 Å². The maximum Gasteiger partial charge on any atom is 0.338 e. The maximum atomic E-state index is 11.9. The Morgan fingerprint density at radius 2 is 2.05 bits per heavy atom. The van der Waals surface area contributed by atoms with Crippen molar-refractivity contribution in [1.82, 2.24) is 4.98 Å². The van der Waals surface area contributed by atoms with E-state index in [4.69, 9.17) is 28.3 Å². The minimum absolute atomic E-state index is 0.0124. The molecule has 22 heavy (non-hydrogen) atoms. The zero-order valence-corrected chi connectivity index (χ0v) is 13.4. The highest BCUT2D eigenvalue weighted by molar-refractivity contribution is 8.13. The smallest absolute Gasteiger partial charge is 0.338 e. The molecule has 114 valence electrons. The number of rotatable bonds is 5. The Labute approximate surface area is 140 Å². The molecule has 0 radical (unpaired) electrons. The summed E-state index contributed by atoms with van der Waals surface area (Å²) >= 11 is 12.6. The summed E-state index contributed by atoms with van der Waals surface area (Å²) in [6.45, 7) is -0.0413. The Morgan fingerprint density at radius 1 is 1.27 bits per heavy atom. The van der Waals surface area contributed by atoms with Crippen molar-refractivity contribution in [3.63, 3.8) is 0 Å². The van der Waals surface area contributed by atoms with Crippen LogP contribution in [0.2, 0.25) is 10.0 Å². The second kappa shape index (κ2) is 7.49. The monoisotopic (exact) mass is 356 g/mol. The maximum absolute atomic E-state index is 11.9. The van der Waals surface area contributed by atoms with Crippen LogP contribution in [0.1, 0.15) is 10.4 Å². The van der Waals surface area contributed by atoms with Crippen LogP contribution < -0.4 is 5.32 Å². The molecular formula is C14H10Cl2N2O3S. The summed E-state index contributed by atoms with van der Waals surface area (Å²) in [6, 6.07) is 7.75. The molecule has 1 heterocycles. The lowest BCUT2D eigenvalue weighted by Gasteiger charge is -2.08. The zero-order valence-electron chi connectivity index (χ0n) is 11.0. The summed E-state index contributed by atoms with van der Waals surface area (Å²) in [4.78, 5) is 26.9. The number of anilines is 1. The van der Waals surface area contributed by atoms with Gasteiger partial charge in [-0.25, -0.2) is 9.78 Å². The molecule has 0 aliphatic carbocycles. The Morgan fingerprint density at radius 3 is 2.77 bits per heavy atom. The van der Waals surface area contributed by atoms with Gasteiger partial charge in [0.15, 0.2) is 0 Å². The van der Waals surface area contributed by atoms with Gasteiger partial charge in [0.1, 0.15) is 5.03 Å². The Kier molecular flexibility index (Phi) is 5.65. The van der Waals surface area contributed by atoms with Crippen LogP contribution in [0, 0.1) is 0 Å². The van der Waals surface area contributed by atoms with Gasteiger partial charge in [-0.3, -0.25) is 4.79 Å². The number of carboxylic acid groups (broad SMARTS) is 1. The van der Waals surface area contributed by atoms with Gasteiger partial charge >= 0.3 is 5.97 Å². The van der Waals surface area contributed by atoms with E-state index in [9.17, 15) is 9.59 Å². The van der Waals surface area contributed by atoms with Crippen LogP contribution in [0.25, 0.3) is 0 Å². The summed E-state index contributed by atoms with van der Waals surface area (Å²) in [6.07, 6.45) is 1.43. The Balaban J connectivity index is 2.02. The van der Waals surface area contributed by atoms with E-state index in [0.717, 1.165) is 11.8 Å². The lowest BCUT2D eigenvalue weighted by molar-refractivity contribution is -0.109. The molecule has 0 aliphatic heterocycles. The van der Waals surface area contributed by atoms with Gasteiger partial charge in [-0.05, 0) is 42.1 Å². The number of hydrogen-bond acceptors (Lipinski definition) is 5. The molecule has 0 saturated heterocycles. The van der Waals surface area contributed by atoms with Gasteiger partial charge in [0, 0.05) is 11.2 Å². The molecule has 8 heteroatoms. The first-order chi connectivity index (χ1) is 10.5. The fraction of sp³-hybridized carbons (Fsp3) is 0.0714. The highest BCUT2D eigenvalue weighted by Gasteiger charge is 2.15. The summed E-state index contributed by atoms with van der Waals surface area (Å²) in [5.41, 5.74) is 0.518. The molecule has 1 aromatic heterocycles. The molecule has 2 rings (SSSR count). The van der Waals surface area contributed by atoms with Crippen LogP contribution in [-0.2, 0) is 4.79 Å². The number of thioether (sulfide) groups is 1. The van der Waals surface area contributed by atoms with Crippen molar-refractivity contribution in [3.05, 3.63) is 52.1 Å². The highest BCUT2D eigenvalue weighted by atomic mass is 35.5. The van der Waals surface area contributed by atoms with E-state index >= 15 is 0 Å². The molecule has 0 unspecified atom stereocenters. The standard InChI is InChI=1S/C14H10Cl2N2O3S/c15-8-3-4-10(16)11(6-8)18-7-12(19)22-13-9(14(20)21)2-1-5-17-13/h1-6,18H,7H2,(H,20,21). The van der Waals surface area contributed by atoms with Crippen molar-refractivity contribution in [2.75, 3.05) is 11.9 Å². The predicted octanol–water partition coefficient (Wildman–Crippen LogP) is 3.82. The average molecular weight is 357 g/mol. The number of pyridine rings is 1. The van der Waals surface area contributed by atoms with Gasteiger partial charge in [0.05, 0.1) is 22.8 Å². The molecular weight excluding hydrogens is 347 g/mol. The van der Waals surface area contributed by atoms with E-state index in [1.165, 1.54) is 18.3 Å². The van der Waals surface area contributed by atoms with Crippen LogP contribution in [-0.4, -0.2) is 27.7 Å². The van der Waals surface area contributed by atoms with E-state index < -0.39 is 5.97 Å². The van der Waals surface area contributed by atoms with Gasteiger partial charge in [-0.15, -0.1) is 0 Å². The highest BCUT2D eigenvalue weighted by Crippen LogP contribution is 2.26. The molecule has 2 aromatic rings. The molecule has 0 fully saturated rings. The van der Waals surface area contributed by atoms with E-state index in [1.54, 1.807) is 18.2 Å². The largest absolute Gasteiger partial charge is 0.478 e. The number of aromatic nitrogens is 1. The number of carbonyl (C=O) groups excluding carboxylic acids is 1. The van der Waals surface area contributed by atoms with Gasteiger partial charge in [0.25, 0.3) is 0 Å².